The highest BCUT2D eigenvalue weighted by molar-refractivity contribution is 5.98. The average molecular weight is 365 g/mol. The highest BCUT2D eigenvalue weighted by atomic mass is 16.5. The molecule has 0 N–H and O–H groups in total. The van der Waals surface area contributed by atoms with E-state index in [4.69, 9.17) is 4.74 Å². The third-order valence-electron chi connectivity index (χ3n) is 4.72. The number of esters is 1. The summed E-state index contributed by atoms with van der Waals surface area (Å²) < 4.78 is 5.11. The van der Waals surface area contributed by atoms with Crippen molar-refractivity contribution in [3.05, 3.63) is 65.2 Å². The van der Waals surface area contributed by atoms with E-state index in [2.05, 4.69) is 0 Å². The minimum absolute atomic E-state index is 0.0935. The number of Topliss-reactive ketones (excluding diaryl/α,β-unsaturated/α-hetero) is 1. The van der Waals surface area contributed by atoms with Gasteiger partial charge in [-0.15, -0.1) is 0 Å². The third kappa shape index (κ3) is 4.82. The Morgan fingerprint density at radius 2 is 1.67 bits per heavy atom. The summed E-state index contributed by atoms with van der Waals surface area (Å²) in [5.41, 5.74) is 3.33. The van der Waals surface area contributed by atoms with Gasteiger partial charge in [-0.05, 0) is 36.1 Å². The van der Waals surface area contributed by atoms with Crippen LogP contribution in [0.1, 0.15) is 41.3 Å². The fourth-order valence-electron chi connectivity index (χ4n) is 3.09. The molecule has 1 aliphatic rings. The normalized spacial score (nSPS) is 13.7. The van der Waals surface area contributed by atoms with Crippen molar-refractivity contribution in [2.24, 2.45) is 0 Å². The van der Waals surface area contributed by atoms with Gasteiger partial charge >= 0.3 is 5.97 Å². The van der Waals surface area contributed by atoms with E-state index in [1.54, 1.807) is 17.0 Å². The molecular weight excluding hydrogens is 342 g/mol. The van der Waals surface area contributed by atoms with Crippen molar-refractivity contribution in [2.75, 3.05) is 18.1 Å². The number of carbonyl (C=O) groups is 3. The lowest BCUT2D eigenvalue weighted by Gasteiger charge is -2.15. The quantitative estimate of drug-likeness (QED) is 0.558. The van der Waals surface area contributed by atoms with Gasteiger partial charge in [0.1, 0.15) is 0 Å². The van der Waals surface area contributed by atoms with E-state index in [1.807, 2.05) is 43.3 Å². The number of hydrogen-bond acceptors (Lipinski definition) is 4. The van der Waals surface area contributed by atoms with Gasteiger partial charge in [0.15, 0.2) is 12.4 Å². The van der Waals surface area contributed by atoms with Crippen molar-refractivity contribution in [3.63, 3.8) is 0 Å². The number of ether oxygens (including phenoxy) is 1. The monoisotopic (exact) mass is 365 g/mol. The summed E-state index contributed by atoms with van der Waals surface area (Å²) in [6, 6.07) is 14.6. The molecule has 0 saturated carbocycles. The first kappa shape index (κ1) is 18.8. The maximum Gasteiger partial charge on any atom is 0.310 e. The lowest BCUT2D eigenvalue weighted by atomic mass is 10.1. The first-order chi connectivity index (χ1) is 13.1. The first-order valence-electron chi connectivity index (χ1n) is 9.24. The van der Waals surface area contributed by atoms with Crippen LogP contribution in [0.25, 0.3) is 0 Å². The Labute approximate surface area is 158 Å². The number of rotatable bonds is 7. The van der Waals surface area contributed by atoms with Crippen LogP contribution in [0, 0.1) is 0 Å². The Balaban J connectivity index is 1.50. The molecular formula is C22H23NO4. The topological polar surface area (TPSA) is 63.7 Å². The van der Waals surface area contributed by atoms with Crippen molar-refractivity contribution < 1.29 is 19.1 Å². The SMILES string of the molecule is CCc1ccc(C(=O)COC(=O)Cc2ccc(N3CCCC3=O)cc2)cc1. The molecule has 5 nitrogen and oxygen atoms in total. The van der Waals surface area contributed by atoms with E-state index in [-0.39, 0.29) is 24.7 Å². The molecule has 0 bridgehead atoms. The number of aryl methyl sites for hydroxylation is 1. The van der Waals surface area contributed by atoms with E-state index in [0.717, 1.165) is 36.2 Å². The van der Waals surface area contributed by atoms with Crippen molar-refractivity contribution in [1.29, 1.82) is 0 Å². The van der Waals surface area contributed by atoms with Gasteiger partial charge in [-0.3, -0.25) is 14.4 Å². The van der Waals surface area contributed by atoms with Crippen LogP contribution in [0.3, 0.4) is 0 Å². The molecule has 2 aromatic carbocycles. The summed E-state index contributed by atoms with van der Waals surface area (Å²) >= 11 is 0. The Kier molecular flexibility index (Phi) is 6.01. The lowest BCUT2D eigenvalue weighted by molar-refractivity contribution is -0.141. The Bertz CT molecular complexity index is 824. The van der Waals surface area contributed by atoms with Gasteiger partial charge in [-0.2, -0.15) is 0 Å². The molecule has 1 amide bonds. The van der Waals surface area contributed by atoms with Crippen molar-refractivity contribution in [3.8, 4) is 0 Å². The molecule has 1 aliphatic heterocycles. The third-order valence-corrected chi connectivity index (χ3v) is 4.72. The molecule has 140 valence electrons. The molecule has 1 heterocycles. The molecule has 0 unspecified atom stereocenters. The molecule has 2 aromatic rings. The molecule has 1 fully saturated rings. The Morgan fingerprint density at radius 1 is 1.00 bits per heavy atom. The van der Waals surface area contributed by atoms with Gasteiger partial charge in [0.2, 0.25) is 5.91 Å². The van der Waals surface area contributed by atoms with Gasteiger partial charge in [-0.1, -0.05) is 43.3 Å². The maximum absolute atomic E-state index is 12.1. The van der Waals surface area contributed by atoms with Crippen molar-refractivity contribution in [2.45, 2.75) is 32.6 Å². The summed E-state index contributed by atoms with van der Waals surface area (Å²) in [5.74, 6) is -0.528. The van der Waals surface area contributed by atoms with Crippen LogP contribution in [-0.2, 0) is 27.2 Å². The summed E-state index contributed by atoms with van der Waals surface area (Å²) in [7, 11) is 0. The second-order valence-electron chi connectivity index (χ2n) is 6.63. The lowest BCUT2D eigenvalue weighted by Crippen LogP contribution is -2.23. The zero-order valence-corrected chi connectivity index (χ0v) is 15.4. The molecule has 0 spiro atoms. The predicted molar refractivity (Wildman–Crippen MR) is 103 cm³/mol. The minimum atomic E-state index is -0.446. The summed E-state index contributed by atoms with van der Waals surface area (Å²) in [4.78, 5) is 37.6. The number of benzene rings is 2. The van der Waals surface area contributed by atoms with Crippen LogP contribution in [0.4, 0.5) is 5.69 Å². The van der Waals surface area contributed by atoms with Crippen LogP contribution in [0.15, 0.2) is 48.5 Å². The molecule has 5 heteroatoms. The van der Waals surface area contributed by atoms with Gasteiger partial charge in [0.25, 0.3) is 0 Å². The van der Waals surface area contributed by atoms with E-state index < -0.39 is 5.97 Å². The van der Waals surface area contributed by atoms with Gasteiger partial charge in [-0.25, -0.2) is 0 Å². The molecule has 1 saturated heterocycles. The molecule has 0 radical (unpaired) electrons. The summed E-state index contributed by atoms with van der Waals surface area (Å²) in [6.45, 7) is 2.53. The smallest absolute Gasteiger partial charge is 0.310 e. The predicted octanol–water partition coefficient (Wildman–Crippen LogP) is 3.34. The molecule has 27 heavy (non-hydrogen) atoms. The molecule has 0 aromatic heterocycles. The first-order valence-corrected chi connectivity index (χ1v) is 9.24. The van der Waals surface area contributed by atoms with Gasteiger partial charge in [0, 0.05) is 24.2 Å². The zero-order chi connectivity index (χ0) is 19.2. The van der Waals surface area contributed by atoms with Crippen molar-refractivity contribution >= 4 is 23.3 Å². The van der Waals surface area contributed by atoms with Crippen LogP contribution >= 0.6 is 0 Å². The fourth-order valence-corrected chi connectivity index (χ4v) is 3.09. The van der Waals surface area contributed by atoms with Crippen LogP contribution in [-0.4, -0.2) is 30.8 Å². The zero-order valence-electron chi connectivity index (χ0n) is 15.4. The van der Waals surface area contributed by atoms with Crippen LogP contribution < -0.4 is 4.90 Å². The molecule has 0 aliphatic carbocycles. The standard InChI is InChI=1S/C22H23NO4/c1-2-16-5-9-18(10-6-16)20(24)15-27-22(26)14-17-7-11-19(12-8-17)23-13-3-4-21(23)25/h5-12H,2-4,13-15H2,1H3. The second kappa shape index (κ2) is 8.62. The number of amides is 1. The highest BCUT2D eigenvalue weighted by Crippen LogP contribution is 2.21. The number of nitrogens with zero attached hydrogens (tertiary/aromatic N) is 1. The number of ketones is 1. The Hall–Kier alpha value is -2.95. The van der Waals surface area contributed by atoms with Crippen LogP contribution in [0.2, 0.25) is 0 Å². The largest absolute Gasteiger partial charge is 0.457 e. The fraction of sp³-hybridized carbons (Fsp3) is 0.318. The summed E-state index contributed by atoms with van der Waals surface area (Å²) in [6.07, 6.45) is 2.47. The van der Waals surface area contributed by atoms with E-state index in [1.165, 1.54) is 0 Å². The minimum Gasteiger partial charge on any atom is -0.457 e. The van der Waals surface area contributed by atoms with Gasteiger partial charge < -0.3 is 9.64 Å². The maximum atomic E-state index is 12.1. The highest BCUT2D eigenvalue weighted by Gasteiger charge is 2.21. The average Bonchev–Trinajstić information content (AvgIpc) is 3.12. The number of carbonyl (C=O) groups excluding carboxylic acids is 3. The molecule has 0 atom stereocenters. The summed E-state index contributed by atoms with van der Waals surface area (Å²) in [5, 5.41) is 0. The number of hydrogen-bond donors (Lipinski definition) is 0. The van der Waals surface area contributed by atoms with E-state index in [0.29, 0.717) is 12.0 Å². The molecule has 3 rings (SSSR count). The van der Waals surface area contributed by atoms with E-state index in [9.17, 15) is 14.4 Å². The van der Waals surface area contributed by atoms with Crippen molar-refractivity contribution in [1.82, 2.24) is 0 Å². The van der Waals surface area contributed by atoms with E-state index >= 15 is 0 Å². The second-order valence-corrected chi connectivity index (χ2v) is 6.63. The number of anilines is 1. The van der Waals surface area contributed by atoms with Gasteiger partial charge in [0.05, 0.1) is 6.42 Å². The Morgan fingerprint density at radius 3 is 2.26 bits per heavy atom. The van der Waals surface area contributed by atoms with Crippen LogP contribution in [0.5, 0.6) is 0 Å².